The number of rotatable bonds is 3. The van der Waals surface area contributed by atoms with Crippen LogP contribution in [0.2, 0.25) is 0 Å². The molecule has 0 atom stereocenters. The lowest BCUT2D eigenvalue weighted by Gasteiger charge is -2.06. The monoisotopic (exact) mass is 231 g/mol. The molecule has 0 aliphatic carbocycles. The van der Waals surface area contributed by atoms with Crippen molar-refractivity contribution in [2.45, 2.75) is 4.90 Å². The number of methoxy groups -OCH3 is 1. The van der Waals surface area contributed by atoms with Crippen LogP contribution in [0.3, 0.4) is 0 Å². The van der Waals surface area contributed by atoms with Crippen molar-refractivity contribution in [3.05, 3.63) is 29.8 Å². The summed E-state index contributed by atoms with van der Waals surface area (Å²) in [6, 6.07) is 5.39. The number of hydrogen-bond acceptors (Lipinski definition) is 5. The van der Waals surface area contributed by atoms with E-state index in [1.54, 1.807) is 0 Å². The summed E-state index contributed by atoms with van der Waals surface area (Å²) in [5, 5.41) is 8.44. The summed E-state index contributed by atoms with van der Waals surface area (Å²) in [7, 11) is -2.94. The zero-order chi connectivity index (χ0) is 11.5. The molecule has 0 aliphatic heterocycles. The molecule has 15 heavy (non-hydrogen) atoms. The molecule has 0 aromatic heterocycles. The summed E-state index contributed by atoms with van der Waals surface area (Å²) in [6.07, 6.45) is 0. The van der Waals surface area contributed by atoms with Crippen LogP contribution in [0.1, 0.15) is 10.4 Å². The van der Waals surface area contributed by atoms with Gasteiger partial charge in [-0.05, 0) is 12.1 Å². The van der Waals surface area contributed by atoms with Gasteiger partial charge in [0.1, 0.15) is 0 Å². The second-order valence-electron chi connectivity index (χ2n) is 2.58. The molecule has 6 nitrogen and oxygen atoms in total. The highest BCUT2D eigenvalue weighted by atomic mass is 32.2. The van der Waals surface area contributed by atoms with Crippen molar-refractivity contribution in [3.63, 3.8) is 0 Å². The van der Waals surface area contributed by atoms with E-state index in [1.807, 2.05) is 0 Å². The average molecular weight is 231 g/mol. The Morgan fingerprint density at radius 3 is 2.53 bits per heavy atom. The van der Waals surface area contributed by atoms with E-state index >= 15 is 0 Å². The molecule has 0 saturated heterocycles. The predicted octanol–water partition coefficient (Wildman–Crippen LogP) is 0.141. The van der Waals surface area contributed by atoms with Gasteiger partial charge in [0.15, 0.2) is 0 Å². The van der Waals surface area contributed by atoms with Gasteiger partial charge in [-0.1, -0.05) is 17.0 Å². The molecule has 0 spiro atoms. The summed E-state index contributed by atoms with van der Waals surface area (Å²) in [5.74, 6) is -0.788. The number of esters is 1. The summed E-state index contributed by atoms with van der Waals surface area (Å²) in [6.45, 7) is 0. The maximum atomic E-state index is 11.3. The van der Waals surface area contributed by atoms with Gasteiger partial charge in [0.25, 0.3) is 10.0 Å². The molecule has 0 heterocycles. The van der Waals surface area contributed by atoms with Gasteiger partial charge in [-0.15, -0.1) is 0 Å². The summed E-state index contributed by atoms with van der Waals surface area (Å²) < 4.78 is 27.0. The van der Waals surface area contributed by atoms with E-state index in [1.165, 1.54) is 24.3 Å². The smallest absolute Gasteiger partial charge is 0.339 e. The van der Waals surface area contributed by atoms with Gasteiger partial charge in [0, 0.05) is 0 Å². The molecule has 7 heteroatoms. The first-order chi connectivity index (χ1) is 7.03. The maximum Gasteiger partial charge on any atom is 0.339 e. The summed E-state index contributed by atoms with van der Waals surface area (Å²) >= 11 is 0. The molecule has 1 aromatic rings. The molecule has 1 aromatic carbocycles. The molecular formula is C8H9NO5S. The average Bonchev–Trinajstić information content (AvgIpc) is 2.28. The molecule has 1 rings (SSSR count). The van der Waals surface area contributed by atoms with Gasteiger partial charge >= 0.3 is 5.97 Å². The van der Waals surface area contributed by atoms with Crippen LogP contribution in [0.25, 0.3) is 0 Å². The summed E-state index contributed by atoms with van der Waals surface area (Å²) in [4.78, 5) is 12.0. The van der Waals surface area contributed by atoms with Gasteiger partial charge in [0.05, 0.1) is 17.6 Å². The number of benzene rings is 1. The molecule has 0 fully saturated rings. The predicted molar refractivity (Wildman–Crippen MR) is 49.9 cm³/mol. The second-order valence-corrected chi connectivity index (χ2v) is 4.21. The van der Waals surface area contributed by atoms with Gasteiger partial charge in [0.2, 0.25) is 0 Å². The van der Waals surface area contributed by atoms with Crippen molar-refractivity contribution in [2.24, 2.45) is 0 Å². The highest BCUT2D eigenvalue weighted by molar-refractivity contribution is 7.89. The van der Waals surface area contributed by atoms with Crippen molar-refractivity contribution in [2.75, 3.05) is 7.11 Å². The van der Waals surface area contributed by atoms with E-state index < -0.39 is 16.0 Å². The highest BCUT2D eigenvalue weighted by Crippen LogP contribution is 2.15. The van der Waals surface area contributed by atoms with E-state index in [4.69, 9.17) is 5.21 Å². The molecule has 0 radical (unpaired) electrons. The quantitative estimate of drug-likeness (QED) is 0.570. The fourth-order valence-corrected chi connectivity index (χ4v) is 1.83. The molecule has 0 amide bonds. The molecule has 0 aliphatic rings. The van der Waals surface area contributed by atoms with Crippen LogP contribution < -0.4 is 4.89 Å². The minimum atomic E-state index is -4.08. The lowest BCUT2D eigenvalue weighted by atomic mass is 10.2. The van der Waals surface area contributed by atoms with Crippen LogP contribution in [-0.2, 0) is 14.8 Å². The zero-order valence-corrected chi connectivity index (χ0v) is 8.61. The molecular weight excluding hydrogens is 222 g/mol. The topological polar surface area (TPSA) is 92.7 Å². The summed E-state index contributed by atoms with van der Waals surface area (Å²) in [5.41, 5.74) is -0.137. The van der Waals surface area contributed by atoms with Crippen molar-refractivity contribution < 1.29 is 23.2 Å². The van der Waals surface area contributed by atoms with Gasteiger partial charge in [-0.2, -0.15) is 0 Å². The Morgan fingerprint density at radius 1 is 1.40 bits per heavy atom. The molecule has 2 N–H and O–H groups in total. The van der Waals surface area contributed by atoms with Crippen LogP contribution in [0.4, 0.5) is 0 Å². The molecule has 0 unspecified atom stereocenters. The van der Waals surface area contributed by atoms with Crippen molar-refractivity contribution in [3.8, 4) is 0 Å². The van der Waals surface area contributed by atoms with E-state index in [2.05, 4.69) is 4.74 Å². The van der Waals surface area contributed by atoms with E-state index in [-0.39, 0.29) is 10.5 Å². The fourth-order valence-electron chi connectivity index (χ4n) is 1.03. The standard InChI is InChI=1S/C8H9NO5S/c1-14-8(10)6-4-2-3-5-7(6)15(12,13)9-11/h2-5,9,11H,1H3. The number of ether oxygens (including phenoxy) is 1. The Balaban J connectivity index is 3.37. The van der Waals surface area contributed by atoms with E-state index in [9.17, 15) is 13.2 Å². The SMILES string of the molecule is COC(=O)c1ccccc1S(=O)(=O)NO. The normalized spacial score (nSPS) is 11.1. The van der Waals surface area contributed by atoms with Crippen molar-refractivity contribution in [1.29, 1.82) is 0 Å². The maximum absolute atomic E-state index is 11.3. The molecule has 82 valence electrons. The zero-order valence-electron chi connectivity index (χ0n) is 7.80. The first kappa shape index (κ1) is 11.6. The van der Waals surface area contributed by atoms with Gasteiger partial charge in [-0.25, -0.2) is 13.2 Å². The third-order valence-electron chi connectivity index (χ3n) is 1.70. The Labute approximate surface area is 86.5 Å². The lowest BCUT2D eigenvalue weighted by Crippen LogP contribution is -2.22. The van der Waals surface area contributed by atoms with Gasteiger partial charge in [-0.3, -0.25) is 0 Å². The Morgan fingerprint density at radius 2 is 2.00 bits per heavy atom. The second kappa shape index (κ2) is 4.39. The van der Waals surface area contributed by atoms with Crippen LogP contribution in [-0.4, -0.2) is 26.7 Å². The number of carbonyl (C=O) groups is 1. The first-order valence-corrected chi connectivity index (χ1v) is 5.34. The minimum Gasteiger partial charge on any atom is -0.465 e. The molecule has 0 saturated carbocycles. The largest absolute Gasteiger partial charge is 0.465 e. The lowest BCUT2D eigenvalue weighted by molar-refractivity contribution is 0.0596. The first-order valence-electron chi connectivity index (χ1n) is 3.86. The Kier molecular flexibility index (Phi) is 3.40. The van der Waals surface area contributed by atoms with Crippen molar-refractivity contribution >= 4 is 16.0 Å². The Hall–Kier alpha value is -1.44. The number of hydrogen-bond donors (Lipinski definition) is 2. The van der Waals surface area contributed by atoms with Crippen LogP contribution in [0, 0.1) is 0 Å². The third-order valence-corrected chi connectivity index (χ3v) is 2.88. The van der Waals surface area contributed by atoms with Crippen LogP contribution in [0.15, 0.2) is 29.2 Å². The van der Waals surface area contributed by atoms with E-state index in [0.29, 0.717) is 0 Å². The van der Waals surface area contributed by atoms with E-state index in [0.717, 1.165) is 12.0 Å². The highest BCUT2D eigenvalue weighted by Gasteiger charge is 2.21. The number of sulfonamides is 1. The van der Waals surface area contributed by atoms with Crippen LogP contribution in [0.5, 0.6) is 0 Å². The Bertz CT molecular complexity index is 468. The van der Waals surface area contributed by atoms with Gasteiger partial charge < -0.3 is 9.94 Å². The fraction of sp³-hybridized carbons (Fsp3) is 0.125. The molecule has 0 bridgehead atoms. The number of carbonyl (C=O) groups excluding carboxylic acids is 1. The third kappa shape index (κ3) is 2.32. The van der Waals surface area contributed by atoms with Crippen molar-refractivity contribution in [1.82, 2.24) is 4.89 Å². The number of nitrogens with one attached hydrogen (secondary N) is 1. The van der Waals surface area contributed by atoms with Crippen LogP contribution >= 0.6 is 0 Å². The minimum absolute atomic E-state index is 0.137.